The van der Waals surface area contributed by atoms with Gasteiger partial charge in [0.25, 0.3) is 0 Å². The van der Waals surface area contributed by atoms with Crippen molar-refractivity contribution in [3.63, 3.8) is 0 Å². The van der Waals surface area contributed by atoms with Crippen molar-refractivity contribution in [2.45, 2.75) is 51.7 Å². The van der Waals surface area contributed by atoms with Crippen LogP contribution >= 0.6 is 11.6 Å². The quantitative estimate of drug-likeness (QED) is 0.774. The van der Waals surface area contributed by atoms with E-state index < -0.39 is 0 Å². The number of halogens is 1. The molecule has 1 fully saturated rings. The molecule has 0 aliphatic carbocycles. The highest BCUT2D eigenvalue weighted by Crippen LogP contribution is 2.35. The number of nitrogens with one attached hydrogen (secondary N) is 1. The van der Waals surface area contributed by atoms with E-state index in [1.165, 1.54) is 30.5 Å². The molecule has 0 amide bonds. The number of hydrogen-bond donors (Lipinski definition) is 1. The molecule has 1 heterocycles. The van der Waals surface area contributed by atoms with Gasteiger partial charge in [0.15, 0.2) is 0 Å². The molecule has 118 valence electrons. The number of hydrogen-bond acceptors (Lipinski definition) is 3. The minimum Gasteiger partial charge on any atom is -0.383 e. The zero-order valence-corrected chi connectivity index (χ0v) is 14.1. The number of benzene rings is 1. The van der Waals surface area contributed by atoms with Crippen molar-refractivity contribution >= 4 is 17.3 Å². The first-order chi connectivity index (χ1) is 10.2. The molecule has 21 heavy (non-hydrogen) atoms. The first-order valence-electron chi connectivity index (χ1n) is 7.93. The molecular formula is C17H27ClN2O. The molecule has 0 spiro atoms. The highest BCUT2D eigenvalue weighted by atomic mass is 35.5. The molecule has 0 saturated carbocycles. The van der Waals surface area contributed by atoms with Crippen molar-refractivity contribution in [3.8, 4) is 0 Å². The molecule has 2 unspecified atom stereocenters. The summed E-state index contributed by atoms with van der Waals surface area (Å²) in [5.74, 6) is 0. The molecule has 1 aromatic carbocycles. The Balaban J connectivity index is 2.18. The summed E-state index contributed by atoms with van der Waals surface area (Å²) in [5.41, 5.74) is 2.62. The Kier molecular flexibility index (Phi) is 6.34. The van der Waals surface area contributed by atoms with E-state index in [2.05, 4.69) is 36.2 Å². The minimum absolute atomic E-state index is 0.589. The van der Waals surface area contributed by atoms with E-state index in [0.29, 0.717) is 12.1 Å². The number of ether oxygens (including phenoxy) is 1. The van der Waals surface area contributed by atoms with Crippen molar-refractivity contribution in [3.05, 3.63) is 28.8 Å². The summed E-state index contributed by atoms with van der Waals surface area (Å²) >= 11 is 6.25. The van der Waals surface area contributed by atoms with Gasteiger partial charge < -0.3 is 15.0 Å². The fraction of sp³-hybridized carbons (Fsp3) is 0.647. The molecule has 1 aromatic rings. The molecule has 1 aliphatic heterocycles. The lowest BCUT2D eigenvalue weighted by molar-refractivity contribution is 0.199. The average Bonchev–Trinajstić information content (AvgIpc) is 2.85. The van der Waals surface area contributed by atoms with Gasteiger partial charge in [-0.05, 0) is 43.9 Å². The van der Waals surface area contributed by atoms with E-state index in [1.54, 1.807) is 7.11 Å². The number of anilines is 1. The molecule has 0 radical (unpaired) electrons. The Morgan fingerprint density at radius 2 is 2.19 bits per heavy atom. The predicted octanol–water partition coefficient (Wildman–Crippen LogP) is 3.84. The Bertz CT molecular complexity index is 452. The molecular weight excluding hydrogens is 284 g/mol. The molecule has 2 atom stereocenters. The standard InChI is InChI=1S/C17H27ClN2O/c1-4-16-8-5-13(2)20(16)17-11-15(18)7-6-14(17)12-19-9-10-21-3/h6-7,11,13,16,19H,4-5,8-10,12H2,1-3H3. The van der Waals surface area contributed by atoms with Gasteiger partial charge in [-0.25, -0.2) is 0 Å². The van der Waals surface area contributed by atoms with Gasteiger partial charge in [-0.1, -0.05) is 24.6 Å². The summed E-state index contributed by atoms with van der Waals surface area (Å²) in [6, 6.07) is 7.48. The second-order valence-electron chi connectivity index (χ2n) is 5.84. The maximum Gasteiger partial charge on any atom is 0.0587 e. The van der Waals surface area contributed by atoms with Crippen LogP contribution in [0.5, 0.6) is 0 Å². The van der Waals surface area contributed by atoms with E-state index in [-0.39, 0.29) is 0 Å². The monoisotopic (exact) mass is 310 g/mol. The number of rotatable bonds is 7. The second kappa shape index (κ2) is 8.02. The zero-order valence-electron chi connectivity index (χ0n) is 13.4. The third-order valence-corrected chi connectivity index (χ3v) is 4.62. The van der Waals surface area contributed by atoms with Crippen molar-refractivity contribution in [1.82, 2.24) is 5.32 Å². The Morgan fingerprint density at radius 3 is 2.90 bits per heavy atom. The van der Waals surface area contributed by atoms with Crippen LogP contribution in [0.1, 0.15) is 38.7 Å². The fourth-order valence-corrected chi connectivity index (χ4v) is 3.40. The van der Waals surface area contributed by atoms with Crippen molar-refractivity contribution in [1.29, 1.82) is 0 Å². The van der Waals surface area contributed by atoms with E-state index in [1.807, 2.05) is 6.07 Å². The average molecular weight is 311 g/mol. The van der Waals surface area contributed by atoms with Gasteiger partial charge in [0.05, 0.1) is 6.61 Å². The molecule has 1 N–H and O–H groups in total. The van der Waals surface area contributed by atoms with Gasteiger partial charge in [0.1, 0.15) is 0 Å². The van der Waals surface area contributed by atoms with Gasteiger partial charge in [0, 0.05) is 43.0 Å². The third kappa shape index (κ3) is 4.12. The van der Waals surface area contributed by atoms with Crippen LogP contribution in [0.2, 0.25) is 5.02 Å². The van der Waals surface area contributed by atoms with Crippen LogP contribution in [0.25, 0.3) is 0 Å². The van der Waals surface area contributed by atoms with Crippen molar-refractivity contribution in [2.24, 2.45) is 0 Å². The van der Waals surface area contributed by atoms with Crippen molar-refractivity contribution < 1.29 is 4.74 Å². The van der Waals surface area contributed by atoms with E-state index in [4.69, 9.17) is 16.3 Å². The molecule has 0 aromatic heterocycles. The molecule has 3 nitrogen and oxygen atoms in total. The first-order valence-corrected chi connectivity index (χ1v) is 8.31. The lowest BCUT2D eigenvalue weighted by Crippen LogP contribution is -2.35. The van der Waals surface area contributed by atoms with E-state index in [9.17, 15) is 0 Å². The first kappa shape index (κ1) is 16.6. The predicted molar refractivity (Wildman–Crippen MR) is 90.3 cm³/mol. The minimum atomic E-state index is 0.589. The van der Waals surface area contributed by atoms with Gasteiger partial charge in [-0.3, -0.25) is 0 Å². The third-order valence-electron chi connectivity index (χ3n) is 4.38. The van der Waals surface area contributed by atoms with Crippen LogP contribution in [-0.2, 0) is 11.3 Å². The lowest BCUT2D eigenvalue weighted by Gasteiger charge is -2.32. The van der Waals surface area contributed by atoms with Crippen LogP contribution < -0.4 is 10.2 Å². The summed E-state index contributed by atoms with van der Waals surface area (Å²) in [6.07, 6.45) is 3.73. The molecule has 1 saturated heterocycles. The van der Waals surface area contributed by atoms with Crippen molar-refractivity contribution in [2.75, 3.05) is 25.2 Å². The van der Waals surface area contributed by atoms with Gasteiger partial charge in [-0.2, -0.15) is 0 Å². The summed E-state index contributed by atoms with van der Waals surface area (Å²) in [6.45, 7) is 7.05. The molecule has 4 heteroatoms. The molecule has 0 bridgehead atoms. The van der Waals surface area contributed by atoms with Gasteiger partial charge in [0.2, 0.25) is 0 Å². The van der Waals surface area contributed by atoms with E-state index in [0.717, 1.165) is 24.7 Å². The molecule has 1 aliphatic rings. The summed E-state index contributed by atoms with van der Waals surface area (Å²) < 4.78 is 5.09. The van der Waals surface area contributed by atoms with Crippen LogP contribution in [-0.4, -0.2) is 32.3 Å². The fourth-order valence-electron chi connectivity index (χ4n) is 3.23. The highest BCUT2D eigenvalue weighted by Gasteiger charge is 2.30. The topological polar surface area (TPSA) is 24.5 Å². The van der Waals surface area contributed by atoms with Crippen LogP contribution in [0.15, 0.2) is 18.2 Å². The maximum atomic E-state index is 6.25. The zero-order chi connectivity index (χ0) is 15.2. The normalized spacial score (nSPS) is 22.0. The Morgan fingerprint density at radius 1 is 1.38 bits per heavy atom. The van der Waals surface area contributed by atoms with Gasteiger partial charge in [-0.15, -0.1) is 0 Å². The number of nitrogens with zero attached hydrogens (tertiary/aromatic N) is 1. The summed E-state index contributed by atoms with van der Waals surface area (Å²) in [7, 11) is 1.73. The summed E-state index contributed by atoms with van der Waals surface area (Å²) in [4.78, 5) is 2.57. The van der Waals surface area contributed by atoms with Crippen LogP contribution in [0.3, 0.4) is 0 Å². The Hall–Kier alpha value is -0.770. The van der Waals surface area contributed by atoms with Gasteiger partial charge >= 0.3 is 0 Å². The molecule has 2 rings (SSSR count). The SMILES string of the molecule is CCC1CCC(C)N1c1cc(Cl)ccc1CNCCOC. The van der Waals surface area contributed by atoms with E-state index >= 15 is 0 Å². The highest BCUT2D eigenvalue weighted by molar-refractivity contribution is 6.30. The van der Waals surface area contributed by atoms with Crippen LogP contribution in [0.4, 0.5) is 5.69 Å². The second-order valence-corrected chi connectivity index (χ2v) is 6.27. The smallest absolute Gasteiger partial charge is 0.0587 e. The summed E-state index contributed by atoms with van der Waals surface area (Å²) in [5, 5.41) is 4.26. The van der Waals surface area contributed by atoms with Crippen LogP contribution in [0, 0.1) is 0 Å². The number of methoxy groups -OCH3 is 1. The lowest BCUT2D eigenvalue weighted by atomic mass is 10.1. The largest absolute Gasteiger partial charge is 0.383 e. The Labute approximate surface area is 133 Å². The maximum absolute atomic E-state index is 6.25.